The molecule has 130 heavy (non-hydrogen) atoms. The molecule has 22 rings (SSSR count). The molecule has 13 bridgehead atoms. The van der Waals surface area contributed by atoms with E-state index in [4.69, 9.17) is 0 Å². The number of fused-ring (bicyclic) bond motifs is 26. The first-order chi connectivity index (χ1) is 61.9. The molecule has 0 saturated carbocycles. The SMILES string of the molecule is CC(C)(C)c1cc(-c2ccccc2)c2c(c1)-c1cccc(c1)-c1ccc3c(c1)c1cc(ccc1n3-c1ccccc1)-c1cccc(c1)-c1cc(C(C)(C)C)cc(-c3ccccc3)c1N1c3cc(-n4c5cc(C(C)(C)C)ccc5c5ccc(C(C)(C)C)cc54)ccc3B3c4ccc(-n5c6cc(C(C)(C)C)ccc6c6ccc(C(C)(C)C)cc65)cc4N2c2cc(C(C)(C)C)cc1c23. The first-order valence-corrected chi connectivity index (χ1v) is 47.0. The molecule has 0 spiro atoms. The van der Waals surface area contributed by atoms with Crippen LogP contribution in [0.1, 0.15) is 184 Å². The maximum absolute atomic E-state index is 2.81. The van der Waals surface area contributed by atoms with Crippen LogP contribution in [0, 0.1) is 0 Å². The third kappa shape index (κ3) is 13.4. The molecule has 0 atom stereocenters. The van der Waals surface area contributed by atoms with E-state index in [1.54, 1.807) is 0 Å². The van der Waals surface area contributed by atoms with Crippen molar-refractivity contribution in [3.63, 3.8) is 0 Å². The summed E-state index contributed by atoms with van der Waals surface area (Å²) in [5.41, 5.74) is 42.1. The normalized spacial score (nSPS) is 13.5. The van der Waals surface area contributed by atoms with Crippen LogP contribution in [-0.4, -0.2) is 20.4 Å². The lowest BCUT2D eigenvalue weighted by Crippen LogP contribution is -2.61. The number of para-hydroxylation sites is 1. The van der Waals surface area contributed by atoms with Gasteiger partial charge in [-0.3, -0.25) is 0 Å². The number of rotatable bonds is 5. The van der Waals surface area contributed by atoms with Crippen molar-refractivity contribution < 1.29 is 0 Å². The van der Waals surface area contributed by atoms with Crippen molar-refractivity contribution in [2.45, 2.75) is 183 Å². The van der Waals surface area contributed by atoms with Gasteiger partial charge in [-0.05, 0) is 271 Å². The van der Waals surface area contributed by atoms with Crippen LogP contribution >= 0.6 is 0 Å². The molecule has 3 aromatic heterocycles. The third-order valence-corrected chi connectivity index (χ3v) is 28.8. The molecule has 3 aliphatic heterocycles. The van der Waals surface area contributed by atoms with Crippen molar-refractivity contribution in [2.75, 3.05) is 9.80 Å². The molecule has 0 fully saturated rings. The van der Waals surface area contributed by atoms with E-state index in [0.29, 0.717) is 0 Å². The number of nitrogens with zero attached hydrogens (tertiary/aromatic N) is 5. The Morgan fingerprint density at radius 1 is 0.185 bits per heavy atom. The number of hydrogen-bond acceptors (Lipinski definition) is 2. The topological polar surface area (TPSA) is 21.3 Å². The summed E-state index contributed by atoms with van der Waals surface area (Å²) >= 11 is 0. The van der Waals surface area contributed by atoms with Crippen molar-refractivity contribution >= 4 is 123 Å². The van der Waals surface area contributed by atoms with Gasteiger partial charge in [0.15, 0.2) is 0 Å². The van der Waals surface area contributed by atoms with Crippen LogP contribution in [-0.2, 0) is 37.9 Å². The molecule has 6 heterocycles. The summed E-state index contributed by atoms with van der Waals surface area (Å²) in [4.78, 5) is 5.61. The highest BCUT2D eigenvalue weighted by Crippen LogP contribution is 2.57. The quantitative estimate of drug-likeness (QED) is 0.160. The average Bonchev–Trinajstić information content (AvgIpc) is 1.22. The van der Waals surface area contributed by atoms with Gasteiger partial charge in [0.25, 0.3) is 6.71 Å². The molecule has 0 aliphatic carbocycles. The maximum Gasteiger partial charge on any atom is 0.252 e. The smallest absolute Gasteiger partial charge is 0.252 e. The Morgan fingerprint density at radius 3 is 0.815 bits per heavy atom. The zero-order chi connectivity index (χ0) is 90.3. The van der Waals surface area contributed by atoms with E-state index in [-0.39, 0.29) is 39.2 Å². The summed E-state index contributed by atoms with van der Waals surface area (Å²) in [7, 11) is 0. The van der Waals surface area contributed by atoms with Gasteiger partial charge < -0.3 is 23.5 Å². The molecule has 0 saturated heterocycles. The average molecular weight is 1690 g/mol. The second kappa shape index (κ2) is 29.0. The second-order valence-electron chi connectivity index (χ2n) is 44.7. The summed E-state index contributed by atoms with van der Waals surface area (Å²) in [5, 5.41) is 7.35. The zero-order valence-corrected chi connectivity index (χ0v) is 79.4. The van der Waals surface area contributed by atoms with E-state index in [2.05, 4.69) is 490 Å². The molecule has 0 unspecified atom stereocenters. The van der Waals surface area contributed by atoms with Crippen LogP contribution < -0.4 is 26.2 Å². The van der Waals surface area contributed by atoms with Crippen molar-refractivity contribution in [2.24, 2.45) is 0 Å². The highest BCUT2D eigenvalue weighted by atomic mass is 15.2. The van der Waals surface area contributed by atoms with Gasteiger partial charge >= 0.3 is 0 Å². The summed E-state index contributed by atoms with van der Waals surface area (Å²) < 4.78 is 7.73. The van der Waals surface area contributed by atoms with E-state index in [1.807, 2.05) is 0 Å². The van der Waals surface area contributed by atoms with E-state index < -0.39 is 5.41 Å². The monoisotopic (exact) mass is 1690 g/mol. The Hall–Kier alpha value is -13.4. The molecule has 19 aromatic rings. The van der Waals surface area contributed by atoms with Crippen LogP contribution in [0.5, 0.6) is 0 Å². The van der Waals surface area contributed by atoms with Gasteiger partial charge in [0, 0.05) is 94.4 Å². The van der Waals surface area contributed by atoms with Crippen LogP contribution in [0.15, 0.2) is 322 Å². The first kappa shape index (κ1) is 82.3. The van der Waals surface area contributed by atoms with Crippen LogP contribution in [0.4, 0.5) is 34.1 Å². The van der Waals surface area contributed by atoms with Crippen molar-refractivity contribution in [1.82, 2.24) is 13.7 Å². The first-order valence-electron chi connectivity index (χ1n) is 47.0. The maximum atomic E-state index is 2.81. The minimum atomic E-state index is -0.402. The lowest BCUT2D eigenvalue weighted by atomic mass is 9.33. The fourth-order valence-electron chi connectivity index (χ4n) is 21.3. The number of aromatic nitrogens is 3. The van der Waals surface area contributed by atoms with E-state index in [0.717, 1.165) is 129 Å². The predicted octanol–water partition coefficient (Wildman–Crippen LogP) is 32.5. The van der Waals surface area contributed by atoms with E-state index in [9.17, 15) is 0 Å². The Morgan fingerprint density at radius 2 is 0.477 bits per heavy atom. The van der Waals surface area contributed by atoms with Gasteiger partial charge in [-0.25, -0.2) is 0 Å². The molecule has 0 amide bonds. The standard InChI is InChI=1S/C124H116BN5/c1-118(2,3)83-45-51-93-94-52-46-84(119(4,5)6)68-108(94)127(107(93)67-83)91-49-55-103-111(73-91)129-113-71-89(124(19,20)21)72-114-115(113)125(103)104-56-50-92(128-109-69-85(120(7,8)9)47-53-95(109)96-54-48-86(70-110(96)128)121(10,11)12)74-112(104)130(114)117-98(76-35-27-23-28-36-76)64-88(123(16,17)18)66-100(117)82-40-32-38-78(60-82)80-44-58-106-102(62-80)101-61-79(43-57-105(101)126(106)90-41-29-24-30-42-90)77-37-31-39-81(59-77)99-65-87(122(13,14)15)63-97(116(99)129)75-33-25-22-26-34-75/h22-74H,1-21H3. The fraction of sp³-hybridized carbons (Fsp3) is 0.226. The van der Waals surface area contributed by atoms with Gasteiger partial charge in [0.1, 0.15) is 0 Å². The van der Waals surface area contributed by atoms with Gasteiger partial charge in [0.2, 0.25) is 0 Å². The molecule has 0 radical (unpaired) electrons. The fourth-order valence-corrected chi connectivity index (χ4v) is 21.3. The Balaban J connectivity index is 0.961. The molecule has 6 heteroatoms. The molecule has 5 nitrogen and oxygen atoms in total. The third-order valence-electron chi connectivity index (χ3n) is 28.8. The highest BCUT2D eigenvalue weighted by molar-refractivity contribution is 7.00. The Bertz CT molecular complexity index is 7350. The zero-order valence-electron chi connectivity index (χ0n) is 79.4. The minimum absolute atomic E-state index is 0.129. The lowest BCUT2D eigenvalue weighted by molar-refractivity contribution is 0.590. The Labute approximate surface area is 768 Å². The largest absolute Gasteiger partial charge is 0.310 e. The molecule has 3 aliphatic rings. The van der Waals surface area contributed by atoms with Gasteiger partial charge in [0.05, 0.1) is 44.5 Å². The van der Waals surface area contributed by atoms with Crippen LogP contribution in [0.3, 0.4) is 0 Å². The van der Waals surface area contributed by atoms with Crippen molar-refractivity contribution in [1.29, 1.82) is 0 Å². The van der Waals surface area contributed by atoms with E-state index in [1.165, 1.54) is 110 Å². The van der Waals surface area contributed by atoms with Gasteiger partial charge in [-0.1, -0.05) is 333 Å². The van der Waals surface area contributed by atoms with Crippen molar-refractivity contribution in [3.05, 3.63) is 360 Å². The molecule has 640 valence electrons. The lowest BCUT2D eigenvalue weighted by Gasteiger charge is -2.47. The second-order valence-corrected chi connectivity index (χ2v) is 44.7. The van der Waals surface area contributed by atoms with Gasteiger partial charge in [-0.15, -0.1) is 0 Å². The molecular formula is C124H116BN5. The summed E-state index contributed by atoms with van der Waals surface area (Å²) in [6.07, 6.45) is 0. The Kier molecular flexibility index (Phi) is 18.4. The minimum Gasteiger partial charge on any atom is -0.310 e. The predicted molar refractivity (Wildman–Crippen MR) is 561 cm³/mol. The van der Waals surface area contributed by atoms with E-state index >= 15 is 0 Å². The van der Waals surface area contributed by atoms with Crippen molar-refractivity contribution in [3.8, 4) is 83.8 Å². The number of anilines is 6. The molecule has 16 aromatic carbocycles. The summed E-state index contributed by atoms with van der Waals surface area (Å²) in [6.45, 7) is 49.6. The highest BCUT2D eigenvalue weighted by Gasteiger charge is 2.47. The van der Waals surface area contributed by atoms with Gasteiger partial charge in [-0.2, -0.15) is 0 Å². The molecular weight excluding hydrogens is 1570 g/mol. The van der Waals surface area contributed by atoms with Crippen LogP contribution in [0.25, 0.3) is 149 Å². The number of benzene rings is 16. The van der Waals surface area contributed by atoms with Crippen LogP contribution in [0.2, 0.25) is 0 Å². The molecule has 0 N–H and O–H groups in total. The summed E-state index contributed by atoms with van der Waals surface area (Å²) in [5.74, 6) is 0. The summed E-state index contributed by atoms with van der Waals surface area (Å²) in [6, 6.07) is 127. The number of hydrogen-bond donors (Lipinski definition) is 0.